The van der Waals surface area contributed by atoms with Crippen molar-refractivity contribution < 1.29 is 19.1 Å². The summed E-state index contributed by atoms with van der Waals surface area (Å²) in [6.07, 6.45) is 0.728. The van der Waals surface area contributed by atoms with E-state index in [2.05, 4.69) is 6.58 Å². The van der Waals surface area contributed by atoms with Crippen molar-refractivity contribution in [3.8, 4) is 11.5 Å². The summed E-state index contributed by atoms with van der Waals surface area (Å²) in [5.74, 6) is 0.779. The Kier molecular flexibility index (Phi) is 4.26. The molecule has 0 bridgehead atoms. The van der Waals surface area contributed by atoms with E-state index >= 15 is 0 Å². The molecule has 0 unspecified atom stereocenters. The molecular formula is C17H21NO4. The molecule has 1 amide bonds. The van der Waals surface area contributed by atoms with Crippen molar-refractivity contribution in [2.24, 2.45) is 0 Å². The first kappa shape index (κ1) is 16.1. The van der Waals surface area contributed by atoms with Crippen LogP contribution in [-0.2, 0) is 4.79 Å². The monoisotopic (exact) mass is 303 g/mol. The molecule has 0 spiro atoms. The molecule has 1 aromatic carbocycles. The summed E-state index contributed by atoms with van der Waals surface area (Å²) in [6.45, 7) is 11.8. The standard InChI is InChI=1S/C17H21NO4/c1-6-21-14-8-12(10-19)7-13-15(14)22-17(4,5)16(20)18(13)9-11(2)3/h7-8,10H,2,6,9H2,1,3-5H3. The van der Waals surface area contributed by atoms with Crippen molar-refractivity contribution in [3.63, 3.8) is 0 Å². The lowest BCUT2D eigenvalue weighted by Crippen LogP contribution is -2.53. The Morgan fingerprint density at radius 3 is 2.68 bits per heavy atom. The van der Waals surface area contributed by atoms with Gasteiger partial charge in [-0.05, 0) is 39.8 Å². The highest BCUT2D eigenvalue weighted by atomic mass is 16.5. The second kappa shape index (κ2) is 5.83. The fourth-order valence-corrected chi connectivity index (χ4v) is 2.40. The van der Waals surface area contributed by atoms with Gasteiger partial charge in [0.25, 0.3) is 5.91 Å². The highest BCUT2D eigenvalue weighted by Crippen LogP contribution is 2.45. The van der Waals surface area contributed by atoms with E-state index in [4.69, 9.17) is 9.47 Å². The van der Waals surface area contributed by atoms with E-state index in [0.29, 0.717) is 35.9 Å². The maximum absolute atomic E-state index is 12.6. The predicted octanol–water partition coefficient (Wildman–Crippen LogP) is 2.98. The van der Waals surface area contributed by atoms with E-state index in [9.17, 15) is 9.59 Å². The summed E-state index contributed by atoms with van der Waals surface area (Å²) in [4.78, 5) is 25.4. The molecule has 0 aromatic heterocycles. The minimum atomic E-state index is -1.00. The van der Waals surface area contributed by atoms with Crippen LogP contribution in [0.5, 0.6) is 11.5 Å². The third-order valence-electron chi connectivity index (χ3n) is 3.33. The molecule has 0 saturated heterocycles. The van der Waals surface area contributed by atoms with Crippen LogP contribution in [0.1, 0.15) is 38.1 Å². The van der Waals surface area contributed by atoms with Crippen LogP contribution in [-0.4, -0.2) is 30.9 Å². The average molecular weight is 303 g/mol. The Hall–Kier alpha value is -2.30. The normalized spacial score (nSPS) is 15.8. The molecule has 1 aromatic rings. The minimum Gasteiger partial charge on any atom is -0.490 e. The van der Waals surface area contributed by atoms with Crippen molar-refractivity contribution in [2.75, 3.05) is 18.1 Å². The SMILES string of the molecule is C=C(C)CN1C(=O)C(C)(C)Oc2c(OCC)cc(C=O)cc21. The van der Waals surface area contributed by atoms with Gasteiger partial charge in [0, 0.05) is 12.1 Å². The molecule has 5 nitrogen and oxygen atoms in total. The van der Waals surface area contributed by atoms with Gasteiger partial charge < -0.3 is 14.4 Å². The van der Waals surface area contributed by atoms with Crippen LogP contribution in [0.2, 0.25) is 0 Å². The van der Waals surface area contributed by atoms with E-state index in [-0.39, 0.29) is 5.91 Å². The summed E-state index contributed by atoms with van der Waals surface area (Å²) >= 11 is 0. The van der Waals surface area contributed by atoms with Gasteiger partial charge in [-0.25, -0.2) is 0 Å². The first-order valence-electron chi connectivity index (χ1n) is 7.21. The van der Waals surface area contributed by atoms with E-state index in [1.165, 1.54) is 0 Å². The zero-order valence-corrected chi connectivity index (χ0v) is 13.4. The van der Waals surface area contributed by atoms with Gasteiger partial charge in [-0.3, -0.25) is 9.59 Å². The van der Waals surface area contributed by atoms with Crippen LogP contribution in [0.15, 0.2) is 24.3 Å². The number of rotatable bonds is 5. The fraction of sp³-hybridized carbons (Fsp3) is 0.412. The second-order valence-electron chi connectivity index (χ2n) is 5.88. The number of ether oxygens (including phenoxy) is 2. The molecule has 1 heterocycles. The first-order chi connectivity index (χ1) is 10.3. The first-order valence-corrected chi connectivity index (χ1v) is 7.21. The Morgan fingerprint density at radius 1 is 1.45 bits per heavy atom. The Balaban J connectivity index is 2.65. The highest BCUT2D eigenvalue weighted by molar-refractivity contribution is 6.04. The van der Waals surface area contributed by atoms with Crippen LogP contribution in [0.3, 0.4) is 0 Å². The number of carbonyl (C=O) groups is 2. The zero-order chi connectivity index (χ0) is 16.5. The number of aldehydes is 1. The maximum atomic E-state index is 12.6. The van der Waals surface area contributed by atoms with Gasteiger partial charge in [0.1, 0.15) is 6.29 Å². The topological polar surface area (TPSA) is 55.8 Å². The summed E-state index contributed by atoms with van der Waals surface area (Å²) in [5, 5.41) is 0. The van der Waals surface area contributed by atoms with E-state index in [1.54, 1.807) is 30.9 Å². The smallest absolute Gasteiger partial charge is 0.270 e. The van der Waals surface area contributed by atoms with Crippen molar-refractivity contribution in [2.45, 2.75) is 33.3 Å². The van der Waals surface area contributed by atoms with Crippen LogP contribution < -0.4 is 14.4 Å². The number of fused-ring (bicyclic) bond motifs is 1. The second-order valence-corrected chi connectivity index (χ2v) is 5.88. The highest BCUT2D eigenvalue weighted by Gasteiger charge is 2.42. The lowest BCUT2D eigenvalue weighted by molar-refractivity contribution is -0.132. The third-order valence-corrected chi connectivity index (χ3v) is 3.33. The summed E-state index contributed by atoms with van der Waals surface area (Å²) in [5.41, 5.74) is 0.814. The van der Waals surface area contributed by atoms with Gasteiger partial charge in [0.05, 0.1) is 12.3 Å². The van der Waals surface area contributed by atoms with E-state index in [0.717, 1.165) is 11.9 Å². The summed E-state index contributed by atoms with van der Waals surface area (Å²) in [7, 11) is 0. The molecule has 5 heteroatoms. The molecule has 1 aliphatic rings. The predicted molar refractivity (Wildman–Crippen MR) is 84.9 cm³/mol. The number of hydrogen-bond acceptors (Lipinski definition) is 4. The van der Waals surface area contributed by atoms with Gasteiger partial charge >= 0.3 is 0 Å². The average Bonchev–Trinajstić information content (AvgIpc) is 2.44. The van der Waals surface area contributed by atoms with Crippen LogP contribution in [0, 0.1) is 0 Å². The summed E-state index contributed by atoms with van der Waals surface area (Å²) in [6, 6.07) is 3.26. The molecule has 0 N–H and O–H groups in total. The number of amides is 1. The lowest BCUT2D eigenvalue weighted by Gasteiger charge is -2.39. The van der Waals surface area contributed by atoms with E-state index < -0.39 is 5.60 Å². The molecular weight excluding hydrogens is 282 g/mol. The van der Waals surface area contributed by atoms with Gasteiger partial charge in [-0.2, -0.15) is 0 Å². The van der Waals surface area contributed by atoms with Crippen molar-refractivity contribution >= 4 is 17.9 Å². The van der Waals surface area contributed by atoms with Gasteiger partial charge in [0.2, 0.25) is 0 Å². The quantitative estimate of drug-likeness (QED) is 0.620. The number of nitrogens with zero attached hydrogens (tertiary/aromatic N) is 1. The molecule has 2 rings (SSSR count). The Morgan fingerprint density at radius 2 is 2.14 bits per heavy atom. The molecule has 118 valence electrons. The third kappa shape index (κ3) is 2.84. The molecule has 22 heavy (non-hydrogen) atoms. The fourth-order valence-electron chi connectivity index (χ4n) is 2.40. The maximum Gasteiger partial charge on any atom is 0.270 e. The number of benzene rings is 1. The van der Waals surface area contributed by atoms with E-state index in [1.807, 2.05) is 13.8 Å². The molecule has 0 fully saturated rings. The molecule has 0 saturated carbocycles. The van der Waals surface area contributed by atoms with Gasteiger partial charge in [-0.1, -0.05) is 12.2 Å². The summed E-state index contributed by atoms with van der Waals surface area (Å²) < 4.78 is 11.4. The largest absolute Gasteiger partial charge is 0.490 e. The van der Waals surface area contributed by atoms with Crippen molar-refractivity contribution in [1.29, 1.82) is 0 Å². The van der Waals surface area contributed by atoms with Crippen LogP contribution >= 0.6 is 0 Å². The van der Waals surface area contributed by atoms with Gasteiger partial charge in [-0.15, -0.1) is 0 Å². The van der Waals surface area contributed by atoms with Crippen LogP contribution in [0.4, 0.5) is 5.69 Å². The molecule has 0 radical (unpaired) electrons. The van der Waals surface area contributed by atoms with Crippen LogP contribution in [0.25, 0.3) is 0 Å². The Bertz CT molecular complexity index is 634. The van der Waals surface area contributed by atoms with Gasteiger partial charge in [0.15, 0.2) is 17.1 Å². The molecule has 1 aliphatic heterocycles. The number of anilines is 1. The van der Waals surface area contributed by atoms with Crippen molar-refractivity contribution in [1.82, 2.24) is 0 Å². The Labute approximate surface area is 130 Å². The lowest BCUT2D eigenvalue weighted by atomic mass is 10.0. The zero-order valence-electron chi connectivity index (χ0n) is 13.4. The van der Waals surface area contributed by atoms with Crippen molar-refractivity contribution in [3.05, 3.63) is 29.8 Å². The molecule has 0 aliphatic carbocycles. The number of carbonyl (C=O) groups excluding carboxylic acids is 2. The molecule has 0 atom stereocenters. The minimum absolute atomic E-state index is 0.173. The number of hydrogen-bond donors (Lipinski definition) is 0.